The summed E-state index contributed by atoms with van der Waals surface area (Å²) in [7, 11) is 1.33. The Hall–Kier alpha value is -1.78. The van der Waals surface area contributed by atoms with Crippen LogP contribution in [0, 0.1) is 11.3 Å². The number of allylic oxidation sites excluding steroid dienone is 2. The van der Waals surface area contributed by atoms with E-state index in [1.54, 1.807) is 18.2 Å². The van der Waals surface area contributed by atoms with Gasteiger partial charge in [-0.1, -0.05) is 49.7 Å². The number of carbonyl (C=O) groups excluding carboxylic acids is 2. The van der Waals surface area contributed by atoms with Crippen molar-refractivity contribution < 1.29 is 14.3 Å². The molecule has 1 aliphatic carbocycles. The van der Waals surface area contributed by atoms with Crippen molar-refractivity contribution >= 4 is 35.0 Å². The second-order valence-corrected chi connectivity index (χ2v) is 8.47. The number of ether oxygens (including phenoxy) is 1. The molecule has 1 aliphatic heterocycles. The van der Waals surface area contributed by atoms with Crippen molar-refractivity contribution in [3.63, 3.8) is 0 Å². The molecule has 4 nitrogen and oxygen atoms in total. The number of methoxy groups -OCH3 is 1. The van der Waals surface area contributed by atoms with E-state index in [0.717, 1.165) is 5.70 Å². The average Bonchev–Trinajstić information content (AvgIpc) is 2.51. The molecule has 0 spiro atoms. The number of Topliss-reactive ketones (excluding diaryl/α,β-unsaturated/α-hetero) is 1. The number of halogens is 2. The van der Waals surface area contributed by atoms with Gasteiger partial charge in [-0.15, -0.1) is 0 Å². The highest BCUT2D eigenvalue weighted by molar-refractivity contribution is 6.35. The first kappa shape index (κ1) is 19.0. The van der Waals surface area contributed by atoms with E-state index in [1.807, 2.05) is 0 Å². The van der Waals surface area contributed by atoms with E-state index in [0.29, 0.717) is 39.7 Å². The van der Waals surface area contributed by atoms with Gasteiger partial charge in [0.1, 0.15) is 5.92 Å². The lowest BCUT2D eigenvalue weighted by Gasteiger charge is -2.42. The molecule has 138 valence electrons. The number of ketones is 1. The van der Waals surface area contributed by atoms with Gasteiger partial charge in [0.2, 0.25) is 0 Å². The molecule has 2 aliphatic rings. The van der Waals surface area contributed by atoms with Crippen LogP contribution in [0.4, 0.5) is 0 Å². The second kappa shape index (κ2) is 6.75. The van der Waals surface area contributed by atoms with Crippen LogP contribution in [0.2, 0.25) is 10.0 Å². The predicted molar refractivity (Wildman–Crippen MR) is 102 cm³/mol. The summed E-state index contributed by atoms with van der Waals surface area (Å²) >= 11 is 12.5. The molecular weight excluding hydrogens is 373 g/mol. The standard InChI is InChI=1S/C20H21Cl2NO3/c1-10-16(19(25)26-4)17(12-6-5-11(21)7-13(12)22)18-14(23-10)8-20(2,3)9-15(18)24/h5-7,16-17,23H,1,8-9H2,2-4H3. The Balaban J connectivity index is 2.23. The third-order valence-electron chi connectivity index (χ3n) is 5.00. The number of nitrogens with one attached hydrogen (secondary N) is 1. The zero-order chi connectivity index (χ0) is 19.2. The maximum Gasteiger partial charge on any atom is 0.315 e. The molecule has 0 radical (unpaired) electrons. The van der Waals surface area contributed by atoms with Gasteiger partial charge in [0.25, 0.3) is 0 Å². The van der Waals surface area contributed by atoms with E-state index in [4.69, 9.17) is 27.9 Å². The summed E-state index contributed by atoms with van der Waals surface area (Å²) in [6, 6.07) is 5.09. The van der Waals surface area contributed by atoms with Crippen molar-refractivity contribution in [2.24, 2.45) is 11.3 Å². The fraction of sp³-hybridized carbons (Fsp3) is 0.400. The van der Waals surface area contributed by atoms with Gasteiger partial charge in [-0.25, -0.2) is 0 Å². The third-order valence-corrected chi connectivity index (χ3v) is 5.57. The highest BCUT2D eigenvalue weighted by Crippen LogP contribution is 2.49. The summed E-state index contributed by atoms with van der Waals surface area (Å²) in [5.74, 6) is -1.72. The normalized spacial score (nSPS) is 24.8. The Kier molecular flexibility index (Phi) is 4.93. The Bertz CT molecular complexity index is 841. The third kappa shape index (κ3) is 3.28. The molecule has 1 N–H and O–H groups in total. The van der Waals surface area contributed by atoms with Gasteiger partial charge in [0.15, 0.2) is 5.78 Å². The van der Waals surface area contributed by atoms with E-state index in [1.165, 1.54) is 7.11 Å². The molecule has 2 unspecified atom stereocenters. The molecule has 1 aromatic carbocycles. The molecule has 0 aromatic heterocycles. The molecule has 2 atom stereocenters. The van der Waals surface area contributed by atoms with Crippen LogP contribution in [0.25, 0.3) is 0 Å². The Morgan fingerprint density at radius 3 is 2.62 bits per heavy atom. The molecule has 0 amide bonds. The van der Waals surface area contributed by atoms with Crippen LogP contribution >= 0.6 is 23.2 Å². The molecule has 0 fully saturated rings. The maximum absolute atomic E-state index is 13.0. The minimum atomic E-state index is -0.734. The number of hydrogen-bond donors (Lipinski definition) is 1. The van der Waals surface area contributed by atoms with Gasteiger partial charge in [-0.05, 0) is 29.5 Å². The van der Waals surface area contributed by atoms with Crippen molar-refractivity contribution in [2.45, 2.75) is 32.6 Å². The molecule has 0 saturated heterocycles. The molecule has 1 heterocycles. The first-order chi connectivity index (χ1) is 12.1. The fourth-order valence-electron chi connectivity index (χ4n) is 3.94. The van der Waals surface area contributed by atoms with Crippen LogP contribution in [0.5, 0.6) is 0 Å². The minimum Gasteiger partial charge on any atom is -0.468 e. The summed E-state index contributed by atoms with van der Waals surface area (Å²) in [5, 5.41) is 4.10. The first-order valence-electron chi connectivity index (χ1n) is 8.39. The van der Waals surface area contributed by atoms with Gasteiger partial charge >= 0.3 is 5.97 Å². The van der Waals surface area contributed by atoms with Crippen molar-refractivity contribution in [3.05, 3.63) is 57.4 Å². The van der Waals surface area contributed by atoms with Crippen molar-refractivity contribution in [1.29, 1.82) is 0 Å². The topological polar surface area (TPSA) is 55.4 Å². The van der Waals surface area contributed by atoms with E-state index >= 15 is 0 Å². The molecule has 0 saturated carbocycles. The predicted octanol–water partition coefficient (Wildman–Crippen LogP) is 4.63. The zero-order valence-electron chi connectivity index (χ0n) is 15.0. The molecule has 26 heavy (non-hydrogen) atoms. The summed E-state index contributed by atoms with van der Waals surface area (Å²) in [5.41, 5.74) is 2.44. The van der Waals surface area contributed by atoms with Crippen LogP contribution in [-0.4, -0.2) is 18.9 Å². The second-order valence-electron chi connectivity index (χ2n) is 7.63. The number of rotatable bonds is 2. The quantitative estimate of drug-likeness (QED) is 0.744. The van der Waals surface area contributed by atoms with Crippen molar-refractivity contribution in [3.8, 4) is 0 Å². The maximum atomic E-state index is 13.0. The number of hydrogen-bond acceptors (Lipinski definition) is 4. The van der Waals surface area contributed by atoms with E-state index in [9.17, 15) is 9.59 Å². The highest BCUT2D eigenvalue weighted by atomic mass is 35.5. The molecule has 6 heteroatoms. The summed E-state index contributed by atoms with van der Waals surface area (Å²) in [4.78, 5) is 25.5. The smallest absolute Gasteiger partial charge is 0.315 e. The van der Waals surface area contributed by atoms with Gasteiger partial charge in [-0.2, -0.15) is 0 Å². The molecule has 3 rings (SSSR count). The summed E-state index contributed by atoms with van der Waals surface area (Å²) in [6.45, 7) is 8.13. The molecule has 0 bridgehead atoms. The summed E-state index contributed by atoms with van der Waals surface area (Å²) in [6.07, 6.45) is 1.11. The Labute approximate surface area is 163 Å². The lowest BCUT2D eigenvalue weighted by atomic mass is 9.66. The largest absolute Gasteiger partial charge is 0.468 e. The Morgan fingerprint density at radius 1 is 1.31 bits per heavy atom. The van der Waals surface area contributed by atoms with Crippen molar-refractivity contribution in [1.82, 2.24) is 5.32 Å². The van der Waals surface area contributed by atoms with Gasteiger partial charge in [0, 0.05) is 39.4 Å². The van der Waals surface area contributed by atoms with Crippen LogP contribution in [0.1, 0.15) is 38.2 Å². The molecule has 1 aromatic rings. The monoisotopic (exact) mass is 393 g/mol. The molecular formula is C20H21Cl2NO3. The first-order valence-corrected chi connectivity index (χ1v) is 9.15. The van der Waals surface area contributed by atoms with E-state index < -0.39 is 17.8 Å². The lowest BCUT2D eigenvalue weighted by molar-refractivity contribution is -0.144. The number of benzene rings is 1. The zero-order valence-corrected chi connectivity index (χ0v) is 16.5. The minimum absolute atomic E-state index is 0.0150. The SMILES string of the molecule is C=C1NC2=C(C(=O)CC(C)(C)C2)C(c2ccc(Cl)cc2Cl)C1C(=O)OC. The van der Waals surface area contributed by atoms with Crippen LogP contribution < -0.4 is 5.32 Å². The van der Waals surface area contributed by atoms with Gasteiger partial charge < -0.3 is 10.1 Å². The van der Waals surface area contributed by atoms with Crippen LogP contribution in [0.3, 0.4) is 0 Å². The van der Waals surface area contributed by atoms with Crippen LogP contribution in [0.15, 0.2) is 41.7 Å². The van der Waals surface area contributed by atoms with E-state index in [2.05, 4.69) is 25.7 Å². The van der Waals surface area contributed by atoms with Crippen LogP contribution in [-0.2, 0) is 14.3 Å². The fourth-order valence-corrected chi connectivity index (χ4v) is 4.47. The number of carbonyl (C=O) groups is 2. The van der Waals surface area contributed by atoms with Crippen molar-refractivity contribution in [2.75, 3.05) is 7.11 Å². The van der Waals surface area contributed by atoms with E-state index in [-0.39, 0.29) is 11.2 Å². The average molecular weight is 394 g/mol. The number of esters is 1. The van der Waals surface area contributed by atoms with Gasteiger partial charge in [-0.3, -0.25) is 9.59 Å². The Morgan fingerprint density at radius 2 is 2.00 bits per heavy atom. The summed E-state index contributed by atoms with van der Waals surface area (Å²) < 4.78 is 4.99. The van der Waals surface area contributed by atoms with Gasteiger partial charge in [0.05, 0.1) is 7.11 Å². The highest BCUT2D eigenvalue weighted by Gasteiger charge is 2.47. The lowest BCUT2D eigenvalue weighted by Crippen LogP contribution is -2.43.